The average Bonchev–Trinajstić information content (AvgIpc) is 2.54. The fraction of sp³-hybridized carbons (Fsp3) is 0.333. The number of carbonyl (C=O) groups is 1. The number of nitrogens with one attached hydrogen (secondary N) is 1. The monoisotopic (exact) mass is 233 g/mol. The topological polar surface area (TPSA) is 67.2 Å². The van der Waals surface area contributed by atoms with Gasteiger partial charge in [0.15, 0.2) is 5.82 Å². The van der Waals surface area contributed by atoms with E-state index in [-0.39, 0.29) is 11.6 Å². The average molecular weight is 233 g/mol. The van der Waals surface area contributed by atoms with Gasteiger partial charge in [-0.1, -0.05) is 0 Å². The molecular weight excluding hydrogens is 218 g/mol. The fourth-order valence-corrected chi connectivity index (χ4v) is 1.77. The Bertz CT molecular complexity index is 572. The molecule has 0 atom stereocenters. The van der Waals surface area contributed by atoms with Crippen LogP contribution in [-0.4, -0.2) is 26.9 Å². The Morgan fingerprint density at radius 3 is 2.76 bits per heavy atom. The van der Waals surface area contributed by atoms with Crippen molar-refractivity contribution >= 4 is 22.7 Å². The molecule has 0 fully saturated rings. The van der Waals surface area contributed by atoms with E-state index in [1.54, 1.807) is 29.9 Å². The number of rotatable bonds is 3. The lowest BCUT2D eigenvalue weighted by atomic mass is 10.1. The zero-order chi connectivity index (χ0) is 12.6. The van der Waals surface area contributed by atoms with E-state index in [4.69, 9.17) is 5.11 Å². The molecule has 5 nitrogen and oxygen atoms in total. The molecule has 17 heavy (non-hydrogen) atoms. The fourth-order valence-electron chi connectivity index (χ4n) is 1.77. The number of aryl methyl sites for hydroxylation is 1. The molecule has 90 valence electrons. The Labute approximate surface area is 99.1 Å². The Kier molecular flexibility index (Phi) is 2.75. The lowest BCUT2D eigenvalue weighted by molar-refractivity contribution is 0.0697. The predicted octanol–water partition coefficient (Wildman–Crippen LogP) is 2.09. The molecular formula is C12H15N3O2. The number of hydrogen-bond donors (Lipinski definition) is 2. The maximum atomic E-state index is 10.9. The summed E-state index contributed by atoms with van der Waals surface area (Å²) in [6, 6.07) is 5.30. The van der Waals surface area contributed by atoms with Crippen LogP contribution in [0.4, 0.5) is 5.82 Å². The first-order valence-corrected chi connectivity index (χ1v) is 5.45. The maximum Gasteiger partial charge on any atom is 0.335 e. The molecule has 0 saturated heterocycles. The Hall–Kier alpha value is -2.04. The molecule has 0 aliphatic heterocycles. The standard InChI is InChI=1S/C12H15N3O2/c1-7(2)13-11-9-5-4-8(12(16)17)6-10(9)15(3)14-11/h4-7H,1-3H3,(H,13,14)(H,16,17). The van der Waals surface area contributed by atoms with E-state index in [1.807, 2.05) is 13.8 Å². The second-order valence-electron chi connectivity index (χ2n) is 4.31. The second kappa shape index (κ2) is 4.08. The van der Waals surface area contributed by atoms with Gasteiger partial charge in [-0.3, -0.25) is 4.68 Å². The molecule has 1 heterocycles. The number of nitrogens with zero attached hydrogens (tertiary/aromatic N) is 2. The van der Waals surface area contributed by atoms with Crippen molar-refractivity contribution in [2.24, 2.45) is 7.05 Å². The molecule has 0 saturated carbocycles. The normalized spacial score (nSPS) is 11.1. The van der Waals surface area contributed by atoms with Crippen LogP contribution in [0, 0.1) is 0 Å². The van der Waals surface area contributed by atoms with Gasteiger partial charge in [-0.15, -0.1) is 0 Å². The van der Waals surface area contributed by atoms with Crippen molar-refractivity contribution in [2.45, 2.75) is 19.9 Å². The minimum absolute atomic E-state index is 0.275. The summed E-state index contributed by atoms with van der Waals surface area (Å²) in [5, 5.41) is 17.5. The molecule has 2 rings (SSSR count). The van der Waals surface area contributed by atoms with Gasteiger partial charge in [-0.25, -0.2) is 4.79 Å². The predicted molar refractivity (Wildman–Crippen MR) is 66.4 cm³/mol. The van der Waals surface area contributed by atoms with E-state index >= 15 is 0 Å². The molecule has 1 aromatic heterocycles. The second-order valence-corrected chi connectivity index (χ2v) is 4.31. The Morgan fingerprint density at radius 2 is 2.18 bits per heavy atom. The minimum Gasteiger partial charge on any atom is -0.478 e. The molecule has 0 aliphatic carbocycles. The van der Waals surface area contributed by atoms with E-state index in [2.05, 4.69) is 10.4 Å². The van der Waals surface area contributed by atoms with E-state index < -0.39 is 5.97 Å². The summed E-state index contributed by atoms with van der Waals surface area (Å²) in [6.45, 7) is 4.07. The van der Waals surface area contributed by atoms with Crippen LogP contribution < -0.4 is 5.32 Å². The molecule has 0 unspecified atom stereocenters. The van der Waals surface area contributed by atoms with E-state index in [0.29, 0.717) is 0 Å². The van der Waals surface area contributed by atoms with Crippen LogP contribution in [0.15, 0.2) is 18.2 Å². The van der Waals surface area contributed by atoms with Crippen molar-refractivity contribution in [3.8, 4) is 0 Å². The molecule has 0 bridgehead atoms. The van der Waals surface area contributed by atoms with E-state index in [9.17, 15) is 4.79 Å². The van der Waals surface area contributed by atoms with Crippen molar-refractivity contribution < 1.29 is 9.90 Å². The first kappa shape index (κ1) is 11.4. The van der Waals surface area contributed by atoms with Gasteiger partial charge in [0.05, 0.1) is 11.1 Å². The van der Waals surface area contributed by atoms with E-state index in [0.717, 1.165) is 16.7 Å². The molecule has 0 amide bonds. The number of fused-ring (bicyclic) bond motifs is 1. The smallest absolute Gasteiger partial charge is 0.335 e. The summed E-state index contributed by atoms with van der Waals surface area (Å²) in [5.74, 6) is -0.138. The Balaban J connectivity index is 2.57. The van der Waals surface area contributed by atoms with Crippen LogP contribution in [0.1, 0.15) is 24.2 Å². The lowest BCUT2D eigenvalue weighted by Crippen LogP contribution is -2.10. The minimum atomic E-state index is -0.925. The van der Waals surface area contributed by atoms with Crippen molar-refractivity contribution in [3.05, 3.63) is 23.8 Å². The first-order valence-electron chi connectivity index (χ1n) is 5.45. The number of aromatic carboxylic acids is 1. The lowest BCUT2D eigenvalue weighted by Gasteiger charge is -2.06. The number of carboxylic acid groups (broad SMARTS) is 1. The summed E-state index contributed by atoms with van der Waals surface area (Å²) >= 11 is 0. The maximum absolute atomic E-state index is 10.9. The highest BCUT2D eigenvalue weighted by Gasteiger charge is 2.11. The van der Waals surface area contributed by atoms with Crippen molar-refractivity contribution in [1.29, 1.82) is 0 Å². The van der Waals surface area contributed by atoms with Gasteiger partial charge in [0.2, 0.25) is 0 Å². The molecule has 5 heteroatoms. The Morgan fingerprint density at radius 1 is 1.47 bits per heavy atom. The van der Waals surface area contributed by atoms with Crippen LogP contribution in [0.3, 0.4) is 0 Å². The van der Waals surface area contributed by atoms with Crippen LogP contribution in [-0.2, 0) is 7.05 Å². The summed E-state index contributed by atoms with van der Waals surface area (Å²) in [7, 11) is 1.81. The van der Waals surface area contributed by atoms with E-state index in [1.165, 1.54) is 0 Å². The zero-order valence-electron chi connectivity index (χ0n) is 10.1. The quantitative estimate of drug-likeness (QED) is 0.851. The molecule has 0 spiro atoms. The van der Waals surface area contributed by atoms with Gasteiger partial charge in [-0.2, -0.15) is 5.10 Å². The highest BCUT2D eigenvalue weighted by Crippen LogP contribution is 2.23. The summed E-state index contributed by atoms with van der Waals surface area (Å²) in [6.07, 6.45) is 0. The van der Waals surface area contributed by atoms with Crippen LogP contribution in [0.2, 0.25) is 0 Å². The zero-order valence-corrected chi connectivity index (χ0v) is 10.1. The highest BCUT2D eigenvalue weighted by atomic mass is 16.4. The molecule has 0 radical (unpaired) electrons. The van der Waals surface area contributed by atoms with Gasteiger partial charge in [0.1, 0.15) is 0 Å². The van der Waals surface area contributed by atoms with Crippen LogP contribution >= 0.6 is 0 Å². The molecule has 2 N–H and O–H groups in total. The van der Waals surface area contributed by atoms with Crippen molar-refractivity contribution in [3.63, 3.8) is 0 Å². The number of carboxylic acids is 1. The summed E-state index contributed by atoms with van der Waals surface area (Å²) in [5.41, 5.74) is 1.09. The largest absolute Gasteiger partial charge is 0.478 e. The first-order chi connectivity index (χ1) is 7.99. The third kappa shape index (κ3) is 2.08. The van der Waals surface area contributed by atoms with Crippen molar-refractivity contribution in [2.75, 3.05) is 5.32 Å². The highest BCUT2D eigenvalue weighted by molar-refractivity contribution is 5.97. The molecule has 1 aromatic carbocycles. The van der Waals surface area contributed by atoms with Gasteiger partial charge in [0.25, 0.3) is 0 Å². The number of anilines is 1. The number of aromatic nitrogens is 2. The van der Waals surface area contributed by atoms with Gasteiger partial charge in [0, 0.05) is 18.5 Å². The van der Waals surface area contributed by atoms with Gasteiger partial charge < -0.3 is 10.4 Å². The number of hydrogen-bond acceptors (Lipinski definition) is 3. The third-order valence-electron chi connectivity index (χ3n) is 2.52. The van der Waals surface area contributed by atoms with Crippen molar-refractivity contribution in [1.82, 2.24) is 9.78 Å². The third-order valence-corrected chi connectivity index (χ3v) is 2.52. The summed E-state index contributed by atoms with van der Waals surface area (Å²) < 4.78 is 1.69. The summed E-state index contributed by atoms with van der Waals surface area (Å²) in [4.78, 5) is 10.9. The SMILES string of the molecule is CC(C)Nc1nn(C)c2cc(C(=O)O)ccc12. The van der Waals surface area contributed by atoms with Gasteiger partial charge in [-0.05, 0) is 32.0 Å². The van der Waals surface area contributed by atoms with Crippen LogP contribution in [0.25, 0.3) is 10.9 Å². The van der Waals surface area contributed by atoms with Gasteiger partial charge >= 0.3 is 5.97 Å². The molecule has 0 aliphatic rings. The van der Waals surface area contributed by atoms with Crippen LogP contribution in [0.5, 0.6) is 0 Å². The number of benzene rings is 1. The molecule has 2 aromatic rings.